The molecule has 1 heterocycles. The Hall–Kier alpha value is -2.85. The molecule has 2 aromatic carbocycles. The highest BCUT2D eigenvalue weighted by atomic mass is 35.5. The molecule has 0 saturated carbocycles. The Bertz CT molecular complexity index is 1040. The number of rotatable bonds is 5. The molecule has 1 atom stereocenters. The molecule has 0 saturated heterocycles. The van der Waals surface area contributed by atoms with Gasteiger partial charge in [-0.05, 0) is 48.1 Å². The second-order valence-corrected chi connectivity index (χ2v) is 7.73. The highest BCUT2D eigenvalue weighted by Gasteiger charge is 2.33. The van der Waals surface area contributed by atoms with Crippen molar-refractivity contribution in [1.82, 2.24) is 4.98 Å². The van der Waals surface area contributed by atoms with Crippen LogP contribution in [0.3, 0.4) is 0 Å². The quantitative estimate of drug-likeness (QED) is 0.580. The number of hydrogen-bond acceptors (Lipinski definition) is 3. The zero-order chi connectivity index (χ0) is 20.4. The van der Waals surface area contributed by atoms with Gasteiger partial charge in [-0.3, -0.25) is 4.79 Å². The van der Waals surface area contributed by atoms with Gasteiger partial charge in [0.1, 0.15) is 5.69 Å². The summed E-state index contributed by atoms with van der Waals surface area (Å²) in [5.74, 6) is -0.293. The third-order valence-corrected chi connectivity index (χ3v) is 5.64. The van der Waals surface area contributed by atoms with Crippen molar-refractivity contribution in [3.05, 3.63) is 93.3 Å². The molecule has 0 aliphatic heterocycles. The van der Waals surface area contributed by atoms with Crippen molar-refractivity contribution in [1.29, 1.82) is 0 Å². The van der Waals surface area contributed by atoms with Crippen molar-refractivity contribution in [3.8, 4) is 0 Å². The standard InChI is InChI=1S/C24H22ClNO3/c1-2-29-24(28)23-19(12-15-6-4-3-5-7-15)22-20(26-23)13-17(14-21(22)27)16-8-10-18(25)11-9-16/h3-11,17,26H,2,12-14H2,1H3/t17-/m1/s1. The fourth-order valence-electron chi connectivity index (χ4n) is 4.05. The van der Waals surface area contributed by atoms with Crippen molar-refractivity contribution in [2.45, 2.75) is 32.1 Å². The van der Waals surface area contributed by atoms with Gasteiger partial charge in [0.15, 0.2) is 5.78 Å². The molecule has 5 heteroatoms. The van der Waals surface area contributed by atoms with Crippen molar-refractivity contribution in [2.24, 2.45) is 0 Å². The van der Waals surface area contributed by atoms with Crippen molar-refractivity contribution < 1.29 is 14.3 Å². The van der Waals surface area contributed by atoms with Gasteiger partial charge >= 0.3 is 5.97 Å². The lowest BCUT2D eigenvalue weighted by molar-refractivity contribution is 0.0519. The Morgan fingerprint density at radius 2 is 1.83 bits per heavy atom. The highest BCUT2D eigenvalue weighted by molar-refractivity contribution is 6.30. The topological polar surface area (TPSA) is 59.2 Å². The number of fused-ring (bicyclic) bond motifs is 1. The molecule has 0 bridgehead atoms. The monoisotopic (exact) mass is 407 g/mol. The Labute approximate surface area is 174 Å². The van der Waals surface area contributed by atoms with E-state index < -0.39 is 5.97 Å². The summed E-state index contributed by atoms with van der Waals surface area (Å²) in [6.07, 6.45) is 1.60. The van der Waals surface area contributed by atoms with Crippen LogP contribution in [0.25, 0.3) is 0 Å². The number of H-pyrrole nitrogens is 1. The fraction of sp³-hybridized carbons (Fsp3) is 0.250. The van der Waals surface area contributed by atoms with Crippen LogP contribution in [0.2, 0.25) is 5.02 Å². The molecule has 1 aromatic heterocycles. The van der Waals surface area contributed by atoms with Crippen molar-refractivity contribution >= 4 is 23.4 Å². The van der Waals surface area contributed by atoms with Crippen molar-refractivity contribution in [2.75, 3.05) is 6.61 Å². The van der Waals surface area contributed by atoms with Crippen LogP contribution in [0.5, 0.6) is 0 Å². The van der Waals surface area contributed by atoms with Gasteiger partial charge in [-0.1, -0.05) is 54.1 Å². The molecule has 0 amide bonds. The molecule has 3 aromatic rings. The Morgan fingerprint density at radius 3 is 2.52 bits per heavy atom. The molecule has 0 fully saturated rings. The largest absolute Gasteiger partial charge is 0.461 e. The van der Waals surface area contributed by atoms with Gasteiger partial charge in [0.05, 0.1) is 6.61 Å². The molecule has 4 rings (SSSR count). The summed E-state index contributed by atoms with van der Waals surface area (Å²) in [6.45, 7) is 2.06. The second-order valence-electron chi connectivity index (χ2n) is 7.29. The molecule has 1 N–H and O–H groups in total. The van der Waals surface area contributed by atoms with Gasteiger partial charge in [-0.15, -0.1) is 0 Å². The van der Waals surface area contributed by atoms with E-state index in [1.807, 2.05) is 54.6 Å². The van der Waals surface area contributed by atoms with Gasteiger partial charge in [0.25, 0.3) is 0 Å². The maximum atomic E-state index is 13.1. The summed E-state index contributed by atoms with van der Waals surface area (Å²) in [7, 11) is 0. The Kier molecular flexibility index (Phi) is 5.54. The number of aromatic amines is 1. The van der Waals surface area contributed by atoms with E-state index in [4.69, 9.17) is 16.3 Å². The van der Waals surface area contributed by atoms with E-state index >= 15 is 0 Å². The first-order valence-electron chi connectivity index (χ1n) is 9.80. The minimum absolute atomic E-state index is 0.0592. The minimum Gasteiger partial charge on any atom is -0.461 e. The predicted molar refractivity (Wildman–Crippen MR) is 113 cm³/mol. The van der Waals surface area contributed by atoms with Crippen LogP contribution in [0, 0.1) is 0 Å². The first kappa shape index (κ1) is 19.5. The average Bonchev–Trinajstić information content (AvgIpc) is 3.08. The number of esters is 1. The van der Waals surface area contributed by atoms with Crippen LogP contribution in [0.1, 0.15) is 62.5 Å². The minimum atomic E-state index is -0.413. The summed E-state index contributed by atoms with van der Waals surface area (Å²) < 4.78 is 5.25. The molecule has 1 aliphatic carbocycles. The zero-order valence-electron chi connectivity index (χ0n) is 16.2. The first-order chi connectivity index (χ1) is 14.1. The van der Waals surface area contributed by atoms with Crippen LogP contribution in [0.15, 0.2) is 54.6 Å². The van der Waals surface area contributed by atoms with E-state index in [0.717, 1.165) is 22.4 Å². The molecule has 0 radical (unpaired) electrons. The van der Waals surface area contributed by atoms with Crippen LogP contribution in [0.4, 0.5) is 0 Å². The summed E-state index contributed by atoms with van der Waals surface area (Å²) in [4.78, 5) is 29.0. The number of ketones is 1. The molecular formula is C24H22ClNO3. The van der Waals surface area contributed by atoms with Gasteiger partial charge in [0.2, 0.25) is 0 Å². The van der Waals surface area contributed by atoms with Crippen molar-refractivity contribution in [3.63, 3.8) is 0 Å². The number of Topliss-reactive ketones (excluding diaryl/α,β-unsaturated/α-hetero) is 1. The number of benzene rings is 2. The van der Waals surface area contributed by atoms with E-state index in [9.17, 15) is 9.59 Å². The smallest absolute Gasteiger partial charge is 0.355 e. The molecule has 4 nitrogen and oxygen atoms in total. The van der Waals surface area contributed by atoms with Crippen LogP contribution in [-0.2, 0) is 17.6 Å². The summed E-state index contributed by atoms with van der Waals surface area (Å²) in [6, 6.07) is 17.5. The number of aromatic nitrogens is 1. The number of ether oxygens (including phenoxy) is 1. The SMILES string of the molecule is CCOC(=O)c1[nH]c2c(c1Cc1ccccc1)C(=O)C[C@H](c1ccc(Cl)cc1)C2. The third kappa shape index (κ3) is 3.99. The molecule has 1 aliphatic rings. The van der Waals surface area contributed by atoms with Crippen LogP contribution < -0.4 is 0 Å². The molecule has 0 unspecified atom stereocenters. The summed E-state index contributed by atoms with van der Waals surface area (Å²) in [5.41, 5.74) is 4.73. The number of carbonyl (C=O) groups excluding carboxylic acids is 2. The van der Waals surface area contributed by atoms with Crippen LogP contribution >= 0.6 is 11.6 Å². The van der Waals surface area contributed by atoms with Gasteiger partial charge < -0.3 is 9.72 Å². The number of halogens is 1. The number of hydrogen-bond donors (Lipinski definition) is 1. The lowest BCUT2D eigenvalue weighted by Gasteiger charge is -2.22. The number of nitrogens with one attached hydrogen (secondary N) is 1. The van der Waals surface area contributed by atoms with Crippen LogP contribution in [-0.4, -0.2) is 23.3 Å². The maximum absolute atomic E-state index is 13.1. The zero-order valence-corrected chi connectivity index (χ0v) is 17.0. The lowest BCUT2D eigenvalue weighted by atomic mass is 9.80. The first-order valence-corrected chi connectivity index (χ1v) is 10.2. The van der Waals surface area contributed by atoms with Gasteiger partial charge in [-0.25, -0.2) is 4.79 Å². The Balaban J connectivity index is 1.74. The number of carbonyl (C=O) groups is 2. The lowest BCUT2D eigenvalue weighted by Crippen LogP contribution is -2.19. The predicted octanol–water partition coefficient (Wildman–Crippen LogP) is 5.35. The highest BCUT2D eigenvalue weighted by Crippen LogP contribution is 2.36. The van der Waals surface area contributed by atoms with E-state index in [-0.39, 0.29) is 18.3 Å². The summed E-state index contributed by atoms with van der Waals surface area (Å²) in [5, 5.41) is 0.672. The maximum Gasteiger partial charge on any atom is 0.355 e. The normalized spacial score (nSPS) is 15.8. The summed E-state index contributed by atoms with van der Waals surface area (Å²) >= 11 is 6.00. The van der Waals surface area contributed by atoms with E-state index in [1.54, 1.807) is 6.92 Å². The van der Waals surface area contributed by atoms with E-state index in [1.165, 1.54) is 0 Å². The van der Waals surface area contributed by atoms with E-state index in [0.29, 0.717) is 35.5 Å². The Morgan fingerprint density at radius 1 is 1.10 bits per heavy atom. The average molecular weight is 408 g/mol. The molecule has 29 heavy (non-hydrogen) atoms. The second kappa shape index (κ2) is 8.26. The van der Waals surface area contributed by atoms with Gasteiger partial charge in [-0.2, -0.15) is 0 Å². The molecule has 148 valence electrons. The third-order valence-electron chi connectivity index (χ3n) is 5.39. The van der Waals surface area contributed by atoms with Gasteiger partial charge in [0, 0.05) is 29.1 Å². The molecule has 0 spiro atoms. The fourth-order valence-corrected chi connectivity index (χ4v) is 4.18. The molecular weight excluding hydrogens is 386 g/mol. The van der Waals surface area contributed by atoms with E-state index in [2.05, 4.69) is 4.98 Å².